The molecule has 0 spiro atoms. The van der Waals surface area contributed by atoms with Gasteiger partial charge in [-0.1, -0.05) is 46.3 Å². The van der Waals surface area contributed by atoms with Gasteiger partial charge in [-0.2, -0.15) is 5.10 Å². The average Bonchev–Trinajstić information content (AvgIpc) is 3.40. The average molecular weight is 449 g/mol. The quantitative estimate of drug-likeness (QED) is 0.524. The summed E-state index contributed by atoms with van der Waals surface area (Å²) in [5, 5.41) is 7.09. The summed E-state index contributed by atoms with van der Waals surface area (Å²) in [6.07, 6.45) is 0.544. The zero-order valence-electron chi connectivity index (χ0n) is 15.4. The van der Waals surface area contributed by atoms with Crippen LogP contribution in [-0.4, -0.2) is 17.5 Å². The highest BCUT2D eigenvalue weighted by Gasteiger charge is 2.41. The molecule has 0 fully saturated rings. The zero-order valence-corrected chi connectivity index (χ0v) is 17.0. The van der Waals surface area contributed by atoms with E-state index < -0.39 is 0 Å². The Balaban J connectivity index is 1.42. The molecule has 2 atom stereocenters. The Bertz CT molecular complexity index is 1130. The van der Waals surface area contributed by atoms with E-state index in [1.54, 1.807) is 0 Å². The van der Waals surface area contributed by atoms with Crippen LogP contribution in [0.3, 0.4) is 0 Å². The SMILES string of the molecule is Brc1ccc([C@@H]2Oc3ccccc3[C@H]3CC(c4ccc5c(c4)OCO5)=NN32)cc1. The molecule has 6 rings (SSSR count). The van der Waals surface area contributed by atoms with E-state index in [2.05, 4.69) is 45.2 Å². The number of fused-ring (bicyclic) bond motifs is 4. The fourth-order valence-electron chi connectivity index (χ4n) is 4.13. The summed E-state index contributed by atoms with van der Waals surface area (Å²) in [7, 11) is 0. The molecule has 0 aliphatic carbocycles. The molecular formula is C23H17BrN2O3. The molecule has 0 saturated carbocycles. The molecule has 3 aromatic carbocycles. The van der Waals surface area contributed by atoms with Crippen molar-refractivity contribution < 1.29 is 14.2 Å². The molecule has 6 heteroatoms. The van der Waals surface area contributed by atoms with Crippen LogP contribution in [0, 0.1) is 0 Å². The highest BCUT2D eigenvalue weighted by Crippen LogP contribution is 2.47. The highest BCUT2D eigenvalue weighted by molar-refractivity contribution is 9.10. The number of hydrazone groups is 1. The van der Waals surface area contributed by atoms with E-state index in [-0.39, 0.29) is 19.1 Å². The van der Waals surface area contributed by atoms with E-state index >= 15 is 0 Å². The Kier molecular flexibility index (Phi) is 3.81. The molecule has 0 aromatic heterocycles. The van der Waals surface area contributed by atoms with Crippen LogP contribution in [0.1, 0.15) is 35.4 Å². The second-order valence-electron chi connectivity index (χ2n) is 7.27. The maximum Gasteiger partial charge on any atom is 0.231 e. The Morgan fingerprint density at radius 1 is 0.897 bits per heavy atom. The summed E-state index contributed by atoms with van der Waals surface area (Å²) in [6, 6.07) is 22.6. The maximum absolute atomic E-state index is 6.39. The normalized spacial score (nSPS) is 21.3. The van der Waals surface area contributed by atoms with Gasteiger partial charge in [0.15, 0.2) is 11.5 Å². The predicted octanol–water partition coefficient (Wildman–Crippen LogP) is 5.42. The standard InChI is InChI=1S/C23H17BrN2O3/c24-16-8-5-14(6-9-16)23-26-19(17-3-1-2-4-20(17)29-23)12-18(25-26)15-7-10-21-22(11-15)28-13-27-21/h1-11,19,23H,12-13H2/t19-,23+/m1/s1. The van der Waals surface area contributed by atoms with E-state index in [1.807, 2.05) is 42.5 Å². The first-order valence-electron chi connectivity index (χ1n) is 9.53. The highest BCUT2D eigenvalue weighted by atomic mass is 79.9. The van der Waals surface area contributed by atoms with Crippen LogP contribution >= 0.6 is 15.9 Å². The van der Waals surface area contributed by atoms with Gasteiger partial charge >= 0.3 is 0 Å². The van der Waals surface area contributed by atoms with Crippen molar-refractivity contribution in [1.82, 2.24) is 5.01 Å². The van der Waals surface area contributed by atoms with Gasteiger partial charge in [0.2, 0.25) is 13.0 Å². The summed E-state index contributed by atoms with van der Waals surface area (Å²) < 4.78 is 18.4. The monoisotopic (exact) mass is 448 g/mol. The number of ether oxygens (including phenoxy) is 3. The van der Waals surface area contributed by atoms with Gasteiger partial charge in [0, 0.05) is 27.6 Å². The van der Waals surface area contributed by atoms with Crippen LogP contribution in [0.5, 0.6) is 17.2 Å². The molecule has 3 aromatic rings. The molecule has 0 radical (unpaired) electrons. The van der Waals surface area contributed by atoms with Crippen molar-refractivity contribution >= 4 is 21.6 Å². The van der Waals surface area contributed by atoms with Crippen LogP contribution in [0.4, 0.5) is 0 Å². The molecule has 0 bridgehead atoms. The Hall–Kier alpha value is -2.99. The molecular weight excluding hydrogens is 432 g/mol. The molecule has 3 aliphatic rings. The van der Waals surface area contributed by atoms with Crippen molar-refractivity contribution in [3.63, 3.8) is 0 Å². The predicted molar refractivity (Wildman–Crippen MR) is 112 cm³/mol. The molecule has 0 saturated heterocycles. The molecule has 29 heavy (non-hydrogen) atoms. The van der Waals surface area contributed by atoms with Crippen molar-refractivity contribution in [3.05, 3.63) is 87.9 Å². The number of para-hydroxylation sites is 1. The van der Waals surface area contributed by atoms with E-state index in [4.69, 9.17) is 19.3 Å². The Morgan fingerprint density at radius 3 is 2.62 bits per heavy atom. The van der Waals surface area contributed by atoms with Crippen molar-refractivity contribution in [2.24, 2.45) is 5.10 Å². The lowest BCUT2D eigenvalue weighted by atomic mass is 9.96. The Labute approximate surface area is 176 Å². The number of halogens is 1. The van der Waals surface area contributed by atoms with Crippen LogP contribution in [0.15, 0.2) is 76.3 Å². The minimum Gasteiger partial charge on any atom is -0.464 e. The molecule has 3 aliphatic heterocycles. The van der Waals surface area contributed by atoms with Gasteiger partial charge in [-0.3, -0.25) is 0 Å². The van der Waals surface area contributed by atoms with Crippen molar-refractivity contribution in [2.75, 3.05) is 6.79 Å². The third kappa shape index (κ3) is 2.78. The summed E-state index contributed by atoms with van der Waals surface area (Å²) in [6.45, 7) is 0.271. The van der Waals surface area contributed by atoms with E-state index in [1.165, 1.54) is 5.56 Å². The van der Waals surface area contributed by atoms with E-state index in [9.17, 15) is 0 Å². The summed E-state index contributed by atoms with van der Waals surface area (Å²) in [5.74, 6) is 2.48. The number of hydrogen-bond donors (Lipinski definition) is 0. The van der Waals surface area contributed by atoms with Gasteiger partial charge < -0.3 is 14.2 Å². The molecule has 144 valence electrons. The third-order valence-electron chi connectivity index (χ3n) is 5.56. The molecule has 0 amide bonds. The molecule has 3 heterocycles. The number of rotatable bonds is 2. The van der Waals surface area contributed by atoms with E-state index in [0.29, 0.717) is 0 Å². The van der Waals surface area contributed by atoms with Gasteiger partial charge in [0.25, 0.3) is 0 Å². The van der Waals surface area contributed by atoms with Gasteiger partial charge in [-0.05, 0) is 36.4 Å². The second-order valence-corrected chi connectivity index (χ2v) is 8.19. The lowest BCUT2D eigenvalue weighted by molar-refractivity contribution is -0.0190. The minimum atomic E-state index is -0.269. The van der Waals surface area contributed by atoms with Gasteiger partial charge in [0.1, 0.15) is 5.75 Å². The second kappa shape index (κ2) is 6.52. The largest absolute Gasteiger partial charge is 0.464 e. The number of nitrogens with zero attached hydrogens (tertiary/aromatic N) is 2. The van der Waals surface area contributed by atoms with E-state index in [0.717, 1.165) is 45.0 Å². The molecule has 0 unspecified atom stereocenters. The van der Waals surface area contributed by atoms with Gasteiger partial charge in [-0.15, -0.1) is 0 Å². The van der Waals surface area contributed by atoms with Crippen molar-refractivity contribution in [1.29, 1.82) is 0 Å². The van der Waals surface area contributed by atoms with Gasteiger partial charge in [-0.25, -0.2) is 5.01 Å². The topological polar surface area (TPSA) is 43.3 Å². The van der Waals surface area contributed by atoms with Crippen LogP contribution < -0.4 is 14.2 Å². The Morgan fingerprint density at radius 2 is 1.72 bits per heavy atom. The molecule has 5 nitrogen and oxygen atoms in total. The third-order valence-corrected chi connectivity index (χ3v) is 6.09. The first-order valence-corrected chi connectivity index (χ1v) is 10.3. The van der Waals surface area contributed by atoms with Crippen LogP contribution in [0.2, 0.25) is 0 Å². The lowest BCUT2D eigenvalue weighted by Gasteiger charge is -2.38. The summed E-state index contributed by atoms with van der Waals surface area (Å²) in [5.41, 5.74) is 4.31. The van der Waals surface area contributed by atoms with Crippen LogP contribution in [0.25, 0.3) is 0 Å². The van der Waals surface area contributed by atoms with Crippen LogP contribution in [-0.2, 0) is 0 Å². The van der Waals surface area contributed by atoms with Crippen molar-refractivity contribution in [3.8, 4) is 17.2 Å². The lowest BCUT2D eigenvalue weighted by Crippen LogP contribution is -2.33. The summed E-state index contributed by atoms with van der Waals surface area (Å²) >= 11 is 3.51. The minimum absolute atomic E-state index is 0.133. The number of benzene rings is 3. The van der Waals surface area contributed by atoms with Crippen molar-refractivity contribution in [2.45, 2.75) is 18.7 Å². The zero-order chi connectivity index (χ0) is 19.4. The first-order chi connectivity index (χ1) is 14.3. The number of hydrogen-bond acceptors (Lipinski definition) is 5. The fourth-order valence-corrected chi connectivity index (χ4v) is 4.40. The maximum atomic E-state index is 6.39. The first kappa shape index (κ1) is 16.9. The smallest absolute Gasteiger partial charge is 0.231 e. The fraction of sp³-hybridized carbons (Fsp3) is 0.174. The molecule has 0 N–H and O–H groups in total. The van der Waals surface area contributed by atoms with Gasteiger partial charge in [0.05, 0.1) is 11.8 Å². The summed E-state index contributed by atoms with van der Waals surface area (Å²) in [4.78, 5) is 0.